The molecule has 1 aliphatic rings. The van der Waals surface area contributed by atoms with Crippen LogP contribution in [0.4, 0.5) is 17.1 Å². The summed E-state index contributed by atoms with van der Waals surface area (Å²) in [5.74, 6) is -0.0669. The van der Waals surface area contributed by atoms with E-state index in [-0.39, 0.29) is 11.7 Å². The van der Waals surface area contributed by atoms with Crippen LogP contribution < -0.4 is 10.6 Å². The predicted molar refractivity (Wildman–Crippen MR) is 59.2 cm³/mol. The van der Waals surface area contributed by atoms with E-state index in [1.807, 2.05) is 0 Å². The van der Waals surface area contributed by atoms with Gasteiger partial charge in [0.05, 0.1) is 29.5 Å². The van der Waals surface area contributed by atoms with E-state index in [0.29, 0.717) is 22.2 Å². The number of anilines is 3. The second kappa shape index (κ2) is 3.24. The highest BCUT2D eigenvalue weighted by Gasteiger charge is 2.22. The van der Waals surface area contributed by atoms with Gasteiger partial charge in [-0.1, -0.05) is 11.6 Å². The van der Waals surface area contributed by atoms with E-state index < -0.39 is 0 Å². The van der Waals surface area contributed by atoms with Crippen LogP contribution in [-0.4, -0.2) is 10.9 Å². The largest absolute Gasteiger partial charge is 0.457 e. The first-order chi connectivity index (χ1) is 7.74. The number of rotatable bonds is 0. The van der Waals surface area contributed by atoms with E-state index >= 15 is 0 Å². The maximum absolute atomic E-state index is 11.7. The molecule has 0 unspecified atom stereocenters. The van der Waals surface area contributed by atoms with Gasteiger partial charge in [-0.15, -0.1) is 0 Å². The van der Waals surface area contributed by atoms with Crippen molar-refractivity contribution >= 4 is 34.6 Å². The molecule has 1 amide bonds. The summed E-state index contributed by atoms with van der Waals surface area (Å²) in [6.45, 7) is 0. The Hall–Kier alpha value is -2.01. The SMILES string of the molecule is O=C1Nc2cnc(Cl)cc2Nc2ccoc21. The van der Waals surface area contributed by atoms with E-state index in [0.717, 1.165) is 0 Å². The molecule has 80 valence electrons. The second-order valence-corrected chi connectivity index (χ2v) is 3.68. The molecular formula is C10H6ClN3O2. The Morgan fingerprint density at radius 2 is 2.12 bits per heavy atom. The zero-order valence-corrected chi connectivity index (χ0v) is 8.71. The summed E-state index contributed by atoms with van der Waals surface area (Å²) in [5.41, 5.74) is 1.87. The monoisotopic (exact) mass is 235 g/mol. The Morgan fingerprint density at radius 1 is 1.25 bits per heavy atom. The minimum atomic E-state index is -0.310. The number of aromatic nitrogens is 1. The van der Waals surface area contributed by atoms with Crippen molar-refractivity contribution in [1.82, 2.24) is 4.98 Å². The third-order valence-corrected chi connectivity index (χ3v) is 2.47. The van der Waals surface area contributed by atoms with Gasteiger partial charge in [0, 0.05) is 12.1 Å². The first-order valence-corrected chi connectivity index (χ1v) is 4.93. The molecule has 0 atom stereocenters. The van der Waals surface area contributed by atoms with Gasteiger partial charge in [-0.3, -0.25) is 4.79 Å². The van der Waals surface area contributed by atoms with Crippen molar-refractivity contribution in [2.75, 3.05) is 10.6 Å². The van der Waals surface area contributed by atoms with Crippen LogP contribution in [-0.2, 0) is 0 Å². The molecule has 2 aromatic heterocycles. The van der Waals surface area contributed by atoms with Crippen LogP contribution in [0.5, 0.6) is 0 Å². The Morgan fingerprint density at radius 3 is 3.00 bits per heavy atom. The fourth-order valence-corrected chi connectivity index (χ4v) is 1.70. The summed E-state index contributed by atoms with van der Waals surface area (Å²) in [7, 11) is 0. The smallest absolute Gasteiger partial charge is 0.293 e. The van der Waals surface area contributed by atoms with Gasteiger partial charge in [0.2, 0.25) is 5.76 Å². The van der Waals surface area contributed by atoms with Gasteiger partial charge in [-0.05, 0) is 0 Å². The topological polar surface area (TPSA) is 67.2 Å². The Balaban J connectivity index is 2.17. The second-order valence-electron chi connectivity index (χ2n) is 3.30. The molecule has 2 aromatic rings. The maximum atomic E-state index is 11.7. The van der Waals surface area contributed by atoms with Crippen molar-refractivity contribution < 1.29 is 9.21 Å². The van der Waals surface area contributed by atoms with Crippen LogP contribution in [0.3, 0.4) is 0 Å². The molecule has 3 rings (SSSR count). The highest BCUT2D eigenvalue weighted by molar-refractivity contribution is 6.30. The van der Waals surface area contributed by atoms with Crippen molar-refractivity contribution in [2.24, 2.45) is 0 Å². The number of hydrogen-bond acceptors (Lipinski definition) is 4. The Kier molecular flexibility index (Phi) is 1.87. The summed E-state index contributed by atoms with van der Waals surface area (Å²) in [5, 5.41) is 6.08. The third kappa shape index (κ3) is 1.33. The summed E-state index contributed by atoms with van der Waals surface area (Å²) in [6, 6.07) is 3.32. The number of pyridine rings is 1. The van der Waals surface area contributed by atoms with Crippen molar-refractivity contribution in [1.29, 1.82) is 0 Å². The third-order valence-electron chi connectivity index (χ3n) is 2.26. The van der Waals surface area contributed by atoms with Crippen molar-refractivity contribution in [3.05, 3.63) is 35.5 Å². The zero-order chi connectivity index (χ0) is 11.1. The molecule has 0 fully saturated rings. The van der Waals surface area contributed by atoms with Crippen LogP contribution in [0.15, 0.2) is 29.0 Å². The molecule has 5 nitrogen and oxygen atoms in total. The summed E-state index contributed by atoms with van der Waals surface area (Å²) >= 11 is 5.78. The van der Waals surface area contributed by atoms with Gasteiger partial charge >= 0.3 is 0 Å². The number of amides is 1. The van der Waals surface area contributed by atoms with Gasteiger partial charge in [0.25, 0.3) is 5.91 Å². The van der Waals surface area contributed by atoms with Gasteiger partial charge in [0.15, 0.2) is 0 Å². The fourth-order valence-electron chi connectivity index (χ4n) is 1.54. The number of halogens is 1. The average Bonchev–Trinajstić information content (AvgIpc) is 2.65. The highest BCUT2D eigenvalue weighted by Crippen LogP contribution is 2.32. The van der Waals surface area contributed by atoms with Gasteiger partial charge in [-0.2, -0.15) is 0 Å². The molecule has 0 aliphatic carbocycles. The van der Waals surface area contributed by atoms with E-state index in [2.05, 4.69) is 15.6 Å². The molecular weight excluding hydrogens is 230 g/mol. The molecule has 0 bridgehead atoms. The summed E-state index contributed by atoms with van der Waals surface area (Å²) in [4.78, 5) is 15.6. The van der Waals surface area contributed by atoms with E-state index in [1.165, 1.54) is 12.5 Å². The van der Waals surface area contributed by atoms with Crippen molar-refractivity contribution in [2.45, 2.75) is 0 Å². The fraction of sp³-hybridized carbons (Fsp3) is 0. The average molecular weight is 236 g/mol. The molecule has 0 aromatic carbocycles. The molecule has 3 heterocycles. The minimum absolute atomic E-state index is 0.243. The van der Waals surface area contributed by atoms with Crippen LogP contribution >= 0.6 is 11.6 Å². The Bertz CT molecular complexity index is 579. The quantitative estimate of drug-likeness (QED) is 0.689. The first kappa shape index (κ1) is 9.23. The van der Waals surface area contributed by atoms with Gasteiger partial charge < -0.3 is 15.1 Å². The molecule has 16 heavy (non-hydrogen) atoms. The number of furan rings is 1. The number of carbonyl (C=O) groups is 1. The number of fused-ring (bicyclic) bond motifs is 2. The standard InChI is InChI=1S/C10H6ClN3O2/c11-8-3-6-7(4-12-8)14-10(15)9-5(13-6)1-2-16-9/h1-4,13H,(H,14,15). The lowest BCUT2D eigenvalue weighted by molar-refractivity contribution is 0.0998. The normalized spacial score (nSPS) is 13.2. The zero-order valence-electron chi connectivity index (χ0n) is 7.95. The molecule has 0 saturated heterocycles. The maximum Gasteiger partial charge on any atom is 0.293 e. The summed E-state index contributed by atoms with van der Waals surface area (Å²) < 4.78 is 5.08. The van der Waals surface area contributed by atoms with Crippen LogP contribution in [0, 0.1) is 0 Å². The number of nitrogens with one attached hydrogen (secondary N) is 2. The van der Waals surface area contributed by atoms with Crippen LogP contribution in [0.2, 0.25) is 5.15 Å². The lowest BCUT2D eigenvalue weighted by Crippen LogP contribution is -2.09. The van der Waals surface area contributed by atoms with Crippen LogP contribution in [0.1, 0.15) is 10.6 Å². The number of nitrogens with zero attached hydrogens (tertiary/aromatic N) is 1. The Labute approximate surface area is 95.4 Å². The van der Waals surface area contributed by atoms with Gasteiger partial charge in [0.1, 0.15) is 5.15 Å². The van der Waals surface area contributed by atoms with Crippen LogP contribution in [0.25, 0.3) is 0 Å². The van der Waals surface area contributed by atoms with E-state index in [1.54, 1.807) is 12.1 Å². The van der Waals surface area contributed by atoms with E-state index in [4.69, 9.17) is 16.0 Å². The highest BCUT2D eigenvalue weighted by atomic mass is 35.5. The lowest BCUT2D eigenvalue weighted by Gasteiger charge is -2.06. The number of hydrogen-bond donors (Lipinski definition) is 2. The molecule has 0 radical (unpaired) electrons. The molecule has 6 heteroatoms. The first-order valence-electron chi connectivity index (χ1n) is 4.55. The molecule has 0 saturated carbocycles. The van der Waals surface area contributed by atoms with E-state index in [9.17, 15) is 4.79 Å². The molecule has 0 spiro atoms. The summed E-state index contributed by atoms with van der Waals surface area (Å²) in [6.07, 6.45) is 2.94. The van der Waals surface area contributed by atoms with Crippen molar-refractivity contribution in [3.8, 4) is 0 Å². The minimum Gasteiger partial charge on any atom is -0.457 e. The van der Waals surface area contributed by atoms with Crippen molar-refractivity contribution in [3.63, 3.8) is 0 Å². The molecule has 2 N–H and O–H groups in total. The number of carbonyl (C=O) groups excluding carboxylic acids is 1. The molecule has 1 aliphatic heterocycles. The predicted octanol–water partition coefficient (Wildman–Crippen LogP) is 2.64. The lowest BCUT2D eigenvalue weighted by atomic mass is 10.3. The van der Waals surface area contributed by atoms with Gasteiger partial charge in [-0.25, -0.2) is 4.98 Å².